The first-order valence-electron chi connectivity index (χ1n) is 8.17. The molecule has 1 aromatic carbocycles. The van der Waals surface area contributed by atoms with Crippen LogP contribution in [0.4, 0.5) is 0 Å². The van der Waals surface area contributed by atoms with E-state index in [1.54, 1.807) is 23.9 Å². The topological polar surface area (TPSA) is 55.2 Å². The largest absolute Gasteiger partial charge is 0.272 e. The third-order valence-electron chi connectivity index (χ3n) is 4.32. The summed E-state index contributed by atoms with van der Waals surface area (Å²) in [4.78, 5) is 0.330. The Morgan fingerprint density at radius 3 is 2.21 bits per heavy atom. The standard InChI is InChI=1S/C18H27N3O2S/c1-13(2)11-16-7-9-17(10-8-16)24(22,23)20(5)12-18-14(3)19-21(6)15(18)4/h7-10,13H,11-12H2,1-6H3. The molecular weight excluding hydrogens is 322 g/mol. The molecule has 0 fully saturated rings. The van der Waals surface area contributed by atoms with Crippen molar-refractivity contribution in [2.24, 2.45) is 13.0 Å². The summed E-state index contributed by atoms with van der Waals surface area (Å²) in [6, 6.07) is 7.21. The minimum atomic E-state index is -3.51. The van der Waals surface area contributed by atoms with Gasteiger partial charge in [0.25, 0.3) is 0 Å². The highest BCUT2D eigenvalue weighted by Gasteiger charge is 2.23. The first kappa shape index (κ1) is 18.7. The molecule has 1 aromatic heterocycles. The zero-order valence-corrected chi connectivity index (χ0v) is 16.2. The first-order chi connectivity index (χ1) is 11.1. The number of hydrogen-bond donors (Lipinski definition) is 0. The fourth-order valence-corrected chi connectivity index (χ4v) is 3.94. The van der Waals surface area contributed by atoms with Crippen LogP contribution in [0.25, 0.3) is 0 Å². The summed E-state index contributed by atoms with van der Waals surface area (Å²) in [5.74, 6) is 0.548. The van der Waals surface area contributed by atoms with Gasteiger partial charge in [-0.05, 0) is 43.9 Å². The third kappa shape index (κ3) is 3.87. The van der Waals surface area contributed by atoms with E-state index in [4.69, 9.17) is 0 Å². The number of rotatable bonds is 6. The predicted molar refractivity (Wildman–Crippen MR) is 96.3 cm³/mol. The first-order valence-corrected chi connectivity index (χ1v) is 9.61. The van der Waals surface area contributed by atoms with E-state index in [1.807, 2.05) is 33.0 Å². The van der Waals surface area contributed by atoms with Crippen LogP contribution >= 0.6 is 0 Å². The summed E-state index contributed by atoms with van der Waals surface area (Å²) in [5.41, 5.74) is 3.97. The van der Waals surface area contributed by atoms with Crippen LogP contribution in [0.5, 0.6) is 0 Å². The number of nitrogens with zero attached hydrogens (tertiary/aromatic N) is 3. The van der Waals surface area contributed by atoms with E-state index in [2.05, 4.69) is 18.9 Å². The second-order valence-corrected chi connectivity index (χ2v) is 8.82. The molecule has 0 aliphatic carbocycles. The van der Waals surface area contributed by atoms with Crippen molar-refractivity contribution in [1.82, 2.24) is 14.1 Å². The second-order valence-electron chi connectivity index (χ2n) is 6.78. The van der Waals surface area contributed by atoms with Crippen molar-refractivity contribution in [1.29, 1.82) is 0 Å². The van der Waals surface area contributed by atoms with E-state index >= 15 is 0 Å². The zero-order valence-electron chi connectivity index (χ0n) is 15.4. The molecule has 0 atom stereocenters. The van der Waals surface area contributed by atoms with E-state index in [1.165, 1.54) is 4.31 Å². The fraction of sp³-hybridized carbons (Fsp3) is 0.500. The average Bonchev–Trinajstić information content (AvgIpc) is 2.73. The number of benzene rings is 1. The summed E-state index contributed by atoms with van der Waals surface area (Å²) in [7, 11) is -0.0272. The van der Waals surface area contributed by atoms with Crippen molar-refractivity contribution in [2.75, 3.05) is 7.05 Å². The van der Waals surface area contributed by atoms with E-state index in [-0.39, 0.29) is 0 Å². The molecule has 0 unspecified atom stereocenters. The molecule has 2 rings (SSSR count). The Morgan fingerprint density at radius 1 is 1.17 bits per heavy atom. The van der Waals surface area contributed by atoms with Gasteiger partial charge in [-0.15, -0.1) is 0 Å². The summed E-state index contributed by atoms with van der Waals surface area (Å²) < 4.78 is 28.8. The van der Waals surface area contributed by atoms with Gasteiger partial charge in [-0.1, -0.05) is 26.0 Å². The molecule has 132 valence electrons. The van der Waals surface area contributed by atoms with Crippen molar-refractivity contribution in [3.05, 3.63) is 46.8 Å². The maximum Gasteiger partial charge on any atom is 0.243 e. The lowest BCUT2D eigenvalue weighted by molar-refractivity contribution is 0.465. The van der Waals surface area contributed by atoms with E-state index in [9.17, 15) is 8.42 Å². The molecule has 0 saturated heterocycles. The van der Waals surface area contributed by atoms with Crippen molar-refractivity contribution in [2.45, 2.75) is 45.6 Å². The Bertz CT molecular complexity index is 806. The highest BCUT2D eigenvalue weighted by molar-refractivity contribution is 7.89. The molecule has 2 aromatic rings. The molecule has 1 heterocycles. The van der Waals surface area contributed by atoms with Gasteiger partial charge in [-0.25, -0.2) is 8.42 Å². The SMILES string of the molecule is Cc1nn(C)c(C)c1CN(C)S(=O)(=O)c1ccc(CC(C)C)cc1. The van der Waals surface area contributed by atoms with Gasteiger partial charge in [0.05, 0.1) is 10.6 Å². The van der Waals surface area contributed by atoms with E-state index in [0.29, 0.717) is 17.4 Å². The predicted octanol–water partition coefficient (Wildman–Crippen LogP) is 3.06. The van der Waals surface area contributed by atoms with Gasteiger partial charge in [-0.2, -0.15) is 9.40 Å². The number of aryl methyl sites for hydroxylation is 2. The smallest absolute Gasteiger partial charge is 0.243 e. The van der Waals surface area contributed by atoms with E-state index in [0.717, 1.165) is 28.9 Å². The molecule has 6 heteroatoms. The Morgan fingerprint density at radius 2 is 1.75 bits per heavy atom. The summed E-state index contributed by atoms with van der Waals surface area (Å²) >= 11 is 0. The molecule has 24 heavy (non-hydrogen) atoms. The maximum atomic E-state index is 12.8. The van der Waals surface area contributed by atoms with Crippen LogP contribution in [0, 0.1) is 19.8 Å². The van der Waals surface area contributed by atoms with Gasteiger partial charge < -0.3 is 0 Å². The minimum absolute atomic E-state index is 0.321. The van der Waals surface area contributed by atoms with Crippen LogP contribution in [-0.4, -0.2) is 29.6 Å². The molecule has 0 aliphatic rings. The van der Waals surface area contributed by atoms with Crippen LogP contribution in [-0.2, 0) is 30.0 Å². The summed E-state index contributed by atoms with van der Waals surface area (Å²) in [5, 5.41) is 4.35. The Balaban J connectivity index is 2.22. The normalized spacial score (nSPS) is 12.3. The van der Waals surface area contributed by atoms with Crippen molar-refractivity contribution in [3.8, 4) is 0 Å². The van der Waals surface area contributed by atoms with E-state index < -0.39 is 10.0 Å². The molecule has 0 radical (unpaired) electrons. The lowest BCUT2D eigenvalue weighted by atomic mass is 10.0. The van der Waals surface area contributed by atoms with Crippen LogP contribution in [0.2, 0.25) is 0 Å². The molecule has 0 bridgehead atoms. The molecular formula is C18H27N3O2S. The Labute approximate surface area is 145 Å². The number of aromatic nitrogens is 2. The zero-order chi connectivity index (χ0) is 18.1. The highest BCUT2D eigenvalue weighted by Crippen LogP contribution is 2.21. The molecule has 0 aliphatic heterocycles. The van der Waals surface area contributed by atoms with Crippen molar-refractivity contribution < 1.29 is 8.42 Å². The Hall–Kier alpha value is -1.66. The molecule has 5 nitrogen and oxygen atoms in total. The van der Waals surface area contributed by atoms with Gasteiger partial charge in [0.15, 0.2) is 0 Å². The van der Waals surface area contributed by atoms with Gasteiger partial charge in [-0.3, -0.25) is 4.68 Å². The fourth-order valence-electron chi connectivity index (χ4n) is 2.80. The van der Waals surface area contributed by atoms with Crippen LogP contribution < -0.4 is 0 Å². The number of sulfonamides is 1. The van der Waals surface area contributed by atoms with Gasteiger partial charge in [0.2, 0.25) is 10.0 Å². The lowest BCUT2D eigenvalue weighted by Crippen LogP contribution is -2.27. The molecule has 0 N–H and O–H groups in total. The van der Waals surface area contributed by atoms with Crippen LogP contribution in [0.1, 0.15) is 36.4 Å². The van der Waals surface area contributed by atoms with Crippen LogP contribution in [0.3, 0.4) is 0 Å². The van der Waals surface area contributed by atoms with Crippen LogP contribution in [0.15, 0.2) is 29.2 Å². The second kappa shape index (κ2) is 7.07. The molecule has 0 saturated carbocycles. The third-order valence-corrected chi connectivity index (χ3v) is 6.13. The monoisotopic (exact) mass is 349 g/mol. The maximum absolute atomic E-state index is 12.8. The summed E-state index contributed by atoms with van der Waals surface area (Å²) in [6.07, 6.45) is 0.949. The minimum Gasteiger partial charge on any atom is -0.272 e. The average molecular weight is 350 g/mol. The van der Waals surface area contributed by atoms with Gasteiger partial charge >= 0.3 is 0 Å². The quantitative estimate of drug-likeness (QED) is 0.805. The summed E-state index contributed by atoms with van der Waals surface area (Å²) in [6.45, 7) is 8.48. The molecule has 0 spiro atoms. The van der Waals surface area contributed by atoms with Gasteiger partial charge in [0.1, 0.15) is 0 Å². The Kier molecular flexibility index (Phi) is 5.50. The lowest BCUT2D eigenvalue weighted by Gasteiger charge is -2.18. The number of hydrogen-bond acceptors (Lipinski definition) is 3. The van der Waals surface area contributed by atoms with Gasteiger partial charge in [0, 0.05) is 31.9 Å². The van der Waals surface area contributed by atoms with Crippen molar-refractivity contribution >= 4 is 10.0 Å². The highest BCUT2D eigenvalue weighted by atomic mass is 32.2. The molecule has 0 amide bonds. The van der Waals surface area contributed by atoms with Crippen molar-refractivity contribution in [3.63, 3.8) is 0 Å².